The van der Waals surface area contributed by atoms with Crippen LogP contribution in [0.2, 0.25) is 0 Å². The molecule has 0 aromatic heterocycles. The monoisotopic (exact) mass is 254 g/mol. The van der Waals surface area contributed by atoms with Gasteiger partial charge in [0, 0.05) is 6.42 Å². The minimum absolute atomic E-state index is 0.285. The van der Waals surface area contributed by atoms with Crippen molar-refractivity contribution in [2.75, 3.05) is 0 Å². The highest BCUT2D eigenvalue weighted by Crippen LogP contribution is 2.38. The van der Waals surface area contributed by atoms with Crippen molar-refractivity contribution >= 4 is 0 Å². The normalized spacial score (nSPS) is 15.5. The van der Waals surface area contributed by atoms with E-state index < -0.39 is 11.7 Å². The van der Waals surface area contributed by atoms with Gasteiger partial charge in [0.05, 0.1) is 0 Å². The van der Waals surface area contributed by atoms with Gasteiger partial charge in [-0.3, -0.25) is 0 Å². The predicted octanol–water partition coefficient (Wildman–Crippen LogP) is 3.18. The summed E-state index contributed by atoms with van der Waals surface area (Å²) < 4.78 is 0. The second-order valence-corrected chi connectivity index (χ2v) is 4.60. The van der Waals surface area contributed by atoms with Gasteiger partial charge in [0.1, 0.15) is 11.7 Å². The lowest BCUT2D eigenvalue weighted by Gasteiger charge is -2.33. The summed E-state index contributed by atoms with van der Waals surface area (Å²) >= 11 is 0. The molecule has 2 N–H and O–H groups in total. The van der Waals surface area contributed by atoms with Gasteiger partial charge in [-0.05, 0) is 11.1 Å². The molecule has 0 amide bonds. The van der Waals surface area contributed by atoms with Gasteiger partial charge in [-0.25, -0.2) is 0 Å². The van der Waals surface area contributed by atoms with Gasteiger partial charge >= 0.3 is 0 Å². The molecule has 2 atom stereocenters. The summed E-state index contributed by atoms with van der Waals surface area (Å²) in [5, 5.41) is 21.4. The molecular formula is C17H18O2. The van der Waals surface area contributed by atoms with Crippen molar-refractivity contribution in [2.45, 2.75) is 18.1 Å². The van der Waals surface area contributed by atoms with E-state index in [-0.39, 0.29) is 6.42 Å². The van der Waals surface area contributed by atoms with Crippen LogP contribution in [0.4, 0.5) is 0 Å². The Morgan fingerprint density at radius 3 is 2.05 bits per heavy atom. The molecule has 0 heterocycles. The first-order chi connectivity index (χ1) is 9.18. The van der Waals surface area contributed by atoms with E-state index in [0.717, 1.165) is 0 Å². The zero-order valence-corrected chi connectivity index (χ0v) is 10.7. The largest absolute Gasteiger partial charge is 0.385 e. The van der Waals surface area contributed by atoms with Crippen molar-refractivity contribution in [2.24, 2.45) is 0 Å². The highest BCUT2D eigenvalue weighted by atomic mass is 16.3. The van der Waals surface area contributed by atoms with Gasteiger partial charge in [0.15, 0.2) is 0 Å². The van der Waals surface area contributed by atoms with Crippen molar-refractivity contribution in [3.8, 4) is 0 Å². The van der Waals surface area contributed by atoms with E-state index in [1.54, 1.807) is 6.08 Å². The summed E-state index contributed by atoms with van der Waals surface area (Å²) in [6, 6.07) is 18.4. The van der Waals surface area contributed by atoms with E-state index in [0.29, 0.717) is 11.1 Å². The SMILES string of the molecule is C=CC[C@@](O)(c1ccccc1)[C@H](O)c1ccccc1. The summed E-state index contributed by atoms with van der Waals surface area (Å²) in [5.74, 6) is 0. The quantitative estimate of drug-likeness (QED) is 0.804. The van der Waals surface area contributed by atoms with Crippen molar-refractivity contribution in [1.29, 1.82) is 0 Å². The second-order valence-electron chi connectivity index (χ2n) is 4.60. The number of benzene rings is 2. The highest BCUT2D eigenvalue weighted by molar-refractivity contribution is 5.30. The summed E-state index contributed by atoms with van der Waals surface area (Å²) in [5.41, 5.74) is 0.0200. The van der Waals surface area contributed by atoms with Crippen LogP contribution in [0, 0.1) is 0 Å². The summed E-state index contributed by atoms with van der Waals surface area (Å²) in [6.45, 7) is 3.68. The molecule has 0 fully saturated rings. The lowest BCUT2D eigenvalue weighted by molar-refractivity contribution is -0.0810. The molecule has 0 radical (unpaired) electrons. The third kappa shape index (κ3) is 2.75. The van der Waals surface area contributed by atoms with Crippen LogP contribution in [0.1, 0.15) is 23.7 Å². The number of aliphatic hydroxyl groups is 2. The van der Waals surface area contributed by atoms with Crippen LogP contribution in [0.25, 0.3) is 0 Å². The van der Waals surface area contributed by atoms with Crippen LogP contribution >= 0.6 is 0 Å². The molecule has 2 aromatic carbocycles. The van der Waals surface area contributed by atoms with Gasteiger partial charge in [0.2, 0.25) is 0 Å². The standard InChI is InChI=1S/C17H18O2/c1-2-13-17(19,15-11-7-4-8-12-15)16(18)14-9-5-3-6-10-14/h2-12,16,18-19H,1,13H2/t16-,17-/m1/s1. The zero-order chi connectivity index (χ0) is 13.7. The van der Waals surface area contributed by atoms with Gasteiger partial charge in [-0.1, -0.05) is 66.7 Å². The van der Waals surface area contributed by atoms with Crippen molar-refractivity contribution in [3.63, 3.8) is 0 Å². The Kier molecular flexibility index (Phi) is 4.15. The maximum absolute atomic E-state index is 10.9. The van der Waals surface area contributed by atoms with E-state index in [9.17, 15) is 10.2 Å². The van der Waals surface area contributed by atoms with Crippen molar-refractivity contribution in [3.05, 3.63) is 84.4 Å². The molecule has 0 bridgehead atoms. The molecule has 19 heavy (non-hydrogen) atoms. The molecule has 0 aliphatic rings. The lowest BCUT2D eigenvalue weighted by atomic mass is 9.82. The van der Waals surface area contributed by atoms with Crippen LogP contribution in [0.15, 0.2) is 73.3 Å². The van der Waals surface area contributed by atoms with E-state index in [4.69, 9.17) is 0 Å². The first kappa shape index (κ1) is 13.5. The van der Waals surface area contributed by atoms with E-state index in [1.807, 2.05) is 60.7 Å². The maximum atomic E-state index is 10.9. The molecule has 2 nitrogen and oxygen atoms in total. The first-order valence-electron chi connectivity index (χ1n) is 6.30. The first-order valence-corrected chi connectivity index (χ1v) is 6.30. The average Bonchev–Trinajstić information content (AvgIpc) is 2.48. The molecule has 2 heteroatoms. The van der Waals surface area contributed by atoms with Gasteiger partial charge in [0.25, 0.3) is 0 Å². The summed E-state index contributed by atoms with van der Waals surface area (Å²) in [4.78, 5) is 0. The number of aliphatic hydroxyl groups excluding tert-OH is 1. The number of hydrogen-bond acceptors (Lipinski definition) is 2. The molecular weight excluding hydrogens is 236 g/mol. The van der Waals surface area contributed by atoms with Gasteiger partial charge in [-0.2, -0.15) is 0 Å². The van der Waals surface area contributed by atoms with E-state index in [1.165, 1.54) is 0 Å². The molecule has 0 aliphatic carbocycles. The van der Waals surface area contributed by atoms with Crippen LogP contribution in [0.3, 0.4) is 0 Å². The molecule has 98 valence electrons. The van der Waals surface area contributed by atoms with E-state index >= 15 is 0 Å². The third-order valence-electron chi connectivity index (χ3n) is 3.30. The fraction of sp³-hybridized carbons (Fsp3) is 0.176. The molecule has 2 aromatic rings. The molecule has 0 spiro atoms. The summed E-state index contributed by atoms with van der Waals surface area (Å²) in [7, 11) is 0. The Labute approximate surface area is 113 Å². The highest BCUT2D eigenvalue weighted by Gasteiger charge is 2.37. The molecule has 2 rings (SSSR count). The Bertz CT molecular complexity index is 521. The van der Waals surface area contributed by atoms with Gasteiger partial charge in [-0.15, -0.1) is 6.58 Å². The van der Waals surface area contributed by atoms with Gasteiger partial charge < -0.3 is 10.2 Å². The third-order valence-corrected chi connectivity index (χ3v) is 3.30. The van der Waals surface area contributed by atoms with Crippen LogP contribution in [-0.2, 0) is 5.60 Å². The minimum atomic E-state index is -1.36. The molecule has 0 aliphatic heterocycles. The number of rotatable bonds is 5. The predicted molar refractivity (Wildman–Crippen MR) is 76.6 cm³/mol. The smallest absolute Gasteiger partial charge is 0.123 e. The van der Waals surface area contributed by atoms with Crippen LogP contribution in [-0.4, -0.2) is 10.2 Å². The molecule has 0 saturated carbocycles. The molecule has 0 unspecified atom stereocenters. The Morgan fingerprint density at radius 1 is 1.00 bits per heavy atom. The van der Waals surface area contributed by atoms with Crippen LogP contribution < -0.4 is 0 Å². The van der Waals surface area contributed by atoms with E-state index in [2.05, 4.69) is 6.58 Å². The Balaban J connectivity index is 2.42. The zero-order valence-electron chi connectivity index (χ0n) is 10.7. The summed E-state index contributed by atoms with van der Waals surface area (Å²) in [6.07, 6.45) is 0.917. The van der Waals surface area contributed by atoms with Crippen LogP contribution in [0.5, 0.6) is 0 Å². The fourth-order valence-corrected chi connectivity index (χ4v) is 2.25. The molecule has 0 saturated heterocycles. The Hall–Kier alpha value is -1.90. The van der Waals surface area contributed by atoms with Crippen molar-refractivity contribution in [1.82, 2.24) is 0 Å². The maximum Gasteiger partial charge on any atom is 0.123 e. The Morgan fingerprint density at radius 2 is 1.53 bits per heavy atom. The topological polar surface area (TPSA) is 40.5 Å². The van der Waals surface area contributed by atoms with Crippen molar-refractivity contribution < 1.29 is 10.2 Å². The number of hydrogen-bond donors (Lipinski definition) is 2. The second kappa shape index (κ2) is 5.83. The average molecular weight is 254 g/mol. The lowest BCUT2D eigenvalue weighted by Crippen LogP contribution is -2.33. The fourth-order valence-electron chi connectivity index (χ4n) is 2.25. The minimum Gasteiger partial charge on any atom is -0.385 e.